The summed E-state index contributed by atoms with van der Waals surface area (Å²) in [7, 11) is 1.66. The molecule has 20 heavy (non-hydrogen) atoms. The smallest absolute Gasteiger partial charge is 0.119 e. The van der Waals surface area contributed by atoms with E-state index in [4.69, 9.17) is 4.74 Å². The average molecular weight is 278 g/mol. The van der Waals surface area contributed by atoms with Crippen LogP contribution in [0.25, 0.3) is 0 Å². The van der Waals surface area contributed by atoms with Crippen LogP contribution in [0.1, 0.15) is 13.3 Å². The molecule has 1 aromatic carbocycles. The van der Waals surface area contributed by atoms with E-state index in [1.165, 1.54) is 10.6 Å². The summed E-state index contributed by atoms with van der Waals surface area (Å²) in [5, 5.41) is 10.7. The molecule has 1 aromatic rings. The molecular formula is C15H22N2O3. The van der Waals surface area contributed by atoms with Crippen molar-refractivity contribution in [2.24, 2.45) is 0 Å². The van der Waals surface area contributed by atoms with E-state index in [-0.39, 0.29) is 12.5 Å². The van der Waals surface area contributed by atoms with E-state index in [0.29, 0.717) is 0 Å². The van der Waals surface area contributed by atoms with Gasteiger partial charge in [0.1, 0.15) is 5.75 Å². The number of rotatable bonds is 5. The zero-order chi connectivity index (χ0) is 14.5. The van der Waals surface area contributed by atoms with Crippen LogP contribution in [0.15, 0.2) is 24.3 Å². The Morgan fingerprint density at radius 2 is 1.95 bits per heavy atom. The van der Waals surface area contributed by atoms with E-state index in [2.05, 4.69) is 17.0 Å². The summed E-state index contributed by atoms with van der Waals surface area (Å²) in [4.78, 5) is 14.3. The van der Waals surface area contributed by atoms with Crippen LogP contribution in [-0.2, 0) is 4.79 Å². The van der Waals surface area contributed by atoms with Gasteiger partial charge in [0.25, 0.3) is 0 Å². The fourth-order valence-electron chi connectivity index (χ4n) is 2.73. The fourth-order valence-corrected chi connectivity index (χ4v) is 2.73. The molecule has 1 heterocycles. The highest BCUT2D eigenvalue weighted by molar-refractivity contribution is 5.64. The number of benzene rings is 1. The first kappa shape index (κ1) is 14.7. The number of quaternary nitrogens is 1. The van der Waals surface area contributed by atoms with Gasteiger partial charge in [0.2, 0.25) is 0 Å². The molecule has 0 aromatic heterocycles. The van der Waals surface area contributed by atoms with Crippen molar-refractivity contribution in [3.8, 4) is 5.75 Å². The minimum absolute atomic E-state index is 0.123. The first-order valence-electron chi connectivity index (χ1n) is 7.03. The van der Waals surface area contributed by atoms with Crippen molar-refractivity contribution in [3.05, 3.63) is 24.3 Å². The lowest BCUT2D eigenvalue weighted by Gasteiger charge is -2.36. The lowest BCUT2D eigenvalue weighted by molar-refractivity contribution is -0.923. The predicted octanol–water partition coefficient (Wildman–Crippen LogP) is -1.07. The number of hydrogen-bond acceptors (Lipinski definition) is 4. The molecule has 0 unspecified atom stereocenters. The molecule has 0 saturated carbocycles. The van der Waals surface area contributed by atoms with E-state index >= 15 is 0 Å². The molecule has 0 amide bonds. The van der Waals surface area contributed by atoms with Gasteiger partial charge in [-0.2, -0.15) is 0 Å². The number of carbonyl (C=O) groups is 1. The minimum Gasteiger partial charge on any atom is -0.550 e. The quantitative estimate of drug-likeness (QED) is 0.745. The maximum atomic E-state index is 10.7. The van der Waals surface area contributed by atoms with E-state index in [0.717, 1.165) is 31.9 Å². The van der Waals surface area contributed by atoms with Gasteiger partial charge in [-0.25, -0.2) is 0 Å². The molecule has 1 aliphatic heterocycles. The van der Waals surface area contributed by atoms with Crippen molar-refractivity contribution >= 4 is 11.7 Å². The van der Waals surface area contributed by atoms with Gasteiger partial charge < -0.3 is 24.4 Å². The number of aliphatic carboxylic acids is 1. The molecule has 0 aliphatic carbocycles. The van der Waals surface area contributed by atoms with Gasteiger partial charge in [0, 0.05) is 18.1 Å². The van der Waals surface area contributed by atoms with Gasteiger partial charge in [-0.3, -0.25) is 0 Å². The monoisotopic (exact) mass is 278 g/mol. The fraction of sp³-hybridized carbons (Fsp3) is 0.533. The molecule has 1 fully saturated rings. The summed E-state index contributed by atoms with van der Waals surface area (Å²) in [5.74, 6) is -0.0943. The standard InChI is InChI=1S/C15H22N2O3/c1-12(11-15(18)19)16-7-9-17(10-8-16)13-3-5-14(20-2)6-4-13/h3-6,12H,7-11H2,1-2H3,(H,18,19)/t12-/m1/s1. The lowest BCUT2D eigenvalue weighted by atomic mass is 10.1. The van der Waals surface area contributed by atoms with Crippen molar-refractivity contribution in [1.29, 1.82) is 0 Å². The maximum absolute atomic E-state index is 10.7. The number of piperazine rings is 1. The maximum Gasteiger partial charge on any atom is 0.119 e. The third-order valence-electron chi connectivity index (χ3n) is 4.01. The van der Waals surface area contributed by atoms with Crippen molar-refractivity contribution < 1.29 is 19.5 Å². The van der Waals surface area contributed by atoms with Crippen molar-refractivity contribution in [2.45, 2.75) is 19.4 Å². The van der Waals surface area contributed by atoms with Crippen LogP contribution in [0.3, 0.4) is 0 Å². The van der Waals surface area contributed by atoms with Crippen LogP contribution in [0, 0.1) is 0 Å². The average Bonchev–Trinajstić information content (AvgIpc) is 2.47. The summed E-state index contributed by atoms with van der Waals surface area (Å²) < 4.78 is 5.16. The Hall–Kier alpha value is -1.75. The Labute approximate surface area is 119 Å². The largest absolute Gasteiger partial charge is 0.550 e. The molecule has 5 heteroatoms. The number of hydrogen-bond donors (Lipinski definition) is 1. The predicted molar refractivity (Wildman–Crippen MR) is 75.0 cm³/mol. The van der Waals surface area contributed by atoms with Crippen molar-refractivity contribution in [1.82, 2.24) is 0 Å². The van der Waals surface area contributed by atoms with E-state index < -0.39 is 5.97 Å². The zero-order valence-electron chi connectivity index (χ0n) is 12.1. The summed E-state index contributed by atoms with van der Waals surface area (Å²) in [6.45, 7) is 5.78. The van der Waals surface area contributed by atoms with Crippen molar-refractivity contribution in [3.63, 3.8) is 0 Å². The van der Waals surface area contributed by atoms with Crippen LogP contribution in [-0.4, -0.2) is 45.3 Å². The van der Waals surface area contributed by atoms with Crippen LogP contribution in [0.2, 0.25) is 0 Å². The number of anilines is 1. The number of nitrogens with one attached hydrogen (secondary N) is 1. The number of carbonyl (C=O) groups excluding carboxylic acids is 1. The van der Waals surface area contributed by atoms with Crippen LogP contribution in [0.4, 0.5) is 5.69 Å². The second kappa shape index (κ2) is 6.61. The summed E-state index contributed by atoms with van der Waals surface area (Å²) in [6, 6.07) is 8.18. The van der Waals surface area contributed by atoms with Crippen LogP contribution < -0.4 is 19.6 Å². The summed E-state index contributed by atoms with van der Waals surface area (Å²) in [6.07, 6.45) is 0.137. The van der Waals surface area contributed by atoms with Gasteiger partial charge >= 0.3 is 0 Å². The van der Waals surface area contributed by atoms with Gasteiger partial charge in [-0.1, -0.05) is 0 Å². The first-order chi connectivity index (χ1) is 9.60. The van der Waals surface area contributed by atoms with Crippen LogP contribution >= 0.6 is 0 Å². The normalized spacial score (nSPS) is 17.8. The third kappa shape index (κ3) is 3.63. The van der Waals surface area contributed by atoms with E-state index in [9.17, 15) is 9.90 Å². The molecule has 0 spiro atoms. The molecule has 1 saturated heterocycles. The molecule has 0 bridgehead atoms. The first-order valence-corrected chi connectivity index (χ1v) is 7.03. The number of carboxylic acids is 1. The molecule has 5 nitrogen and oxygen atoms in total. The van der Waals surface area contributed by atoms with E-state index in [1.54, 1.807) is 7.11 Å². The Morgan fingerprint density at radius 1 is 1.35 bits per heavy atom. The highest BCUT2D eigenvalue weighted by Crippen LogP contribution is 2.18. The molecular weight excluding hydrogens is 256 g/mol. The van der Waals surface area contributed by atoms with Crippen LogP contribution in [0.5, 0.6) is 5.75 Å². The minimum atomic E-state index is -0.956. The number of ether oxygens (including phenoxy) is 1. The molecule has 0 radical (unpaired) electrons. The molecule has 2 rings (SSSR count). The third-order valence-corrected chi connectivity index (χ3v) is 4.01. The molecule has 1 atom stereocenters. The molecule has 1 aliphatic rings. The Kier molecular flexibility index (Phi) is 4.84. The Balaban J connectivity index is 1.88. The number of carboxylic acid groups (broad SMARTS) is 1. The van der Waals surface area contributed by atoms with Gasteiger partial charge in [-0.15, -0.1) is 0 Å². The number of nitrogens with zero attached hydrogens (tertiary/aromatic N) is 1. The van der Waals surface area contributed by atoms with Gasteiger partial charge in [-0.05, 0) is 31.2 Å². The second-order valence-corrected chi connectivity index (χ2v) is 5.32. The lowest BCUT2D eigenvalue weighted by Crippen LogP contribution is -3.18. The SMILES string of the molecule is COc1ccc(N2CC[NH+]([C@H](C)CC(=O)[O-])CC2)cc1. The van der Waals surface area contributed by atoms with Crippen molar-refractivity contribution in [2.75, 3.05) is 38.2 Å². The number of methoxy groups -OCH3 is 1. The highest BCUT2D eigenvalue weighted by atomic mass is 16.5. The summed E-state index contributed by atoms with van der Waals surface area (Å²) >= 11 is 0. The summed E-state index contributed by atoms with van der Waals surface area (Å²) in [5.41, 5.74) is 1.19. The second-order valence-electron chi connectivity index (χ2n) is 5.32. The topological polar surface area (TPSA) is 57.0 Å². The van der Waals surface area contributed by atoms with Gasteiger partial charge in [0.15, 0.2) is 0 Å². The molecule has 110 valence electrons. The zero-order valence-corrected chi connectivity index (χ0v) is 12.1. The van der Waals surface area contributed by atoms with E-state index in [1.807, 2.05) is 19.1 Å². The Morgan fingerprint density at radius 3 is 2.45 bits per heavy atom. The highest BCUT2D eigenvalue weighted by Gasteiger charge is 2.24. The van der Waals surface area contributed by atoms with Gasteiger partial charge in [0.05, 0.1) is 39.3 Å². The molecule has 1 N–H and O–H groups in total. The Bertz CT molecular complexity index is 439.